The van der Waals surface area contributed by atoms with Crippen molar-refractivity contribution in [3.63, 3.8) is 0 Å². The Hall–Kier alpha value is -1.92. The van der Waals surface area contributed by atoms with Gasteiger partial charge in [-0.2, -0.15) is 0 Å². The summed E-state index contributed by atoms with van der Waals surface area (Å²) in [4.78, 5) is 22.5. The quantitative estimate of drug-likeness (QED) is 0.760. The van der Waals surface area contributed by atoms with Crippen LogP contribution in [0.25, 0.3) is 10.2 Å². The number of aryl methyl sites for hydroxylation is 1. The van der Waals surface area contributed by atoms with Crippen LogP contribution in [0.15, 0.2) is 27.6 Å². The molecule has 3 aromatic heterocycles. The van der Waals surface area contributed by atoms with Crippen LogP contribution in [-0.2, 0) is 19.4 Å². The van der Waals surface area contributed by atoms with E-state index < -0.39 is 0 Å². The molecule has 5 nitrogen and oxygen atoms in total. The number of furan rings is 1. The normalized spacial score (nSPS) is 18.7. The SMILES string of the molecule is C[C@H]1CCc2c(sc3nc([C@@H](C)NCc4ccco4)[nH]c(=O)c23)C1. The average molecular weight is 343 g/mol. The topological polar surface area (TPSA) is 70.9 Å². The molecule has 1 aliphatic rings. The molecule has 24 heavy (non-hydrogen) atoms. The minimum absolute atomic E-state index is 0.00583. The predicted octanol–water partition coefficient (Wildman–Crippen LogP) is 3.55. The zero-order valence-corrected chi connectivity index (χ0v) is 14.7. The van der Waals surface area contributed by atoms with Crippen LogP contribution in [0.3, 0.4) is 0 Å². The van der Waals surface area contributed by atoms with Crippen molar-refractivity contribution in [3.05, 3.63) is 50.8 Å². The van der Waals surface area contributed by atoms with Crippen molar-refractivity contribution in [2.75, 3.05) is 0 Å². The highest BCUT2D eigenvalue weighted by molar-refractivity contribution is 7.18. The van der Waals surface area contributed by atoms with Crippen LogP contribution < -0.4 is 10.9 Å². The number of aromatic amines is 1. The third-order valence-electron chi connectivity index (χ3n) is 4.76. The third kappa shape index (κ3) is 2.80. The Morgan fingerprint density at radius 1 is 1.54 bits per heavy atom. The Bertz CT molecular complexity index is 910. The third-order valence-corrected chi connectivity index (χ3v) is 5.90. The van der Waals surface area contributed by atoms with Crippen molar-refractivity contribution in [1.82, 2.24) is 15.3 Å². The number of thiophene rings is 1. The summed E-state index contributed by atoms with van der Waals surface area (Å²) in [6, 6.07) is 3.74. The Morgan fingerprint density at radius 3 is 3.21 bits per heavy atom. The van der Waals surface area contributed by atoms with Crippen molar-refractivity contribution < 1.29 is 4.42 Å². The number of rotatable bonds is 4. The fraction of sp³-hybridized carbons (Fsp3) is 0.444. The molecule has 0 bridgehead atoms. The van der Waals surface area contributed by atoms with Gasteiger partial charge < -0.3 is 14.7 Å². The second kappa shape index (κ2) is 6.18. The van der Waals surface area contributed by atoms with Crippen LogP contribution in [-0.4, -0.2) is 9.97 Å². The lowest BCUT2D eigenvalue weighted by Gasteiger charge is -2.17. The number of hydrogen-bond acceptors (Lipinski definition) is 5. The number of aromatic nitrogens is 2. The molecule has 4 rings (SSSR count). The fourth-order valence-electron chi connectivity index (χ4n) is 3.33. The summed E-state index contributed by atoms with van der Waals surface area (Å²) < 4.78 is 5.33. The zero-order chi connectivity index (χ0) is 16.7. The lowest BCUT2D eigenvalue weighted by atomic mass is 9.89. The summed E-state index contributed by atoms with van der Waals surface area (Å²) in [5.74, 6) is 2.24. The second-order valence-corrected chi connectivity index (χ2v) is 7.75. The van der Waals surface area contributed by atoms with Gasteiger partial charge in [0.15, 0.2) is 0 Å². The van der Waals surface area contributed by atoms with Crippen LogP contribution in [0, 0.1) is 5.92 Å². The highest BCUT2D eigenvalue weighted by Crippen LogP contribution is 2.35. The summed E-state index contributed by atoms with van der Waals surface area (Å²) in [5.41, 5.74) is 1.22. The summed E-state index contributed by atoms with van der Waals surface area (Å²) >= 11 is 1.69. The second-order valence-electron chi connectivity index (χ2n) is 6.67. The lowest BCUT2D eigenvalue weighted by Crippen LogP contribution is -2.23. The van der Waals surface area contributed by atoms with E-state index in [0.717, 1.165) is 35.2 Å². The molecule has 0 aliphatic heterocycles. The molecular formula is C18H21N3O2S. The molecule has 0 amide bonds. The standard InChI is InChI=1S/C18H21N3O2S/c1-10-5-6-13-14(8-10)24-18-15(13)17(22)20-16(21-18)11(2)19-9-12-4-3-7-23-12/h3-4,7,10-11,19H,5-6,8-9H2,1-2H3,(H,20,21,22)/t10-,11+/m0/s1. The van der Waals surface area contributed by atoms with Crippen LogP contribution >= 0.6 is 11.3 Å². The van der Waals surface area contributed by atoms with Gasteiger partial charge in [0.2, 0.25) is 0 Å². The van der Waals surface area contributed by atoms with E-state index in [1.807, 2.05) is 19.1 Å². The average Bonchev–Trinajstić information content (AvgIpc) is 3.18. The van der Waals surface area contributed by atoms with Gasteiger partial charge in [-0.3, -0.25) is 4.79 Å². The largest absolute Gasteiger partial charge is 0.468 e. The van der Waals surface area contributed by atoms with E-state index in [1.165, 1.54) is 10.4 Å². The maximum absolute atomic E-state index is 12.6. The molecule has 6 heteroatoms. The van der Waals surface area contributed by atoms with E-state index >= 15 is 0 Å². The Balaban J connectivity index is 1.64. The first-order chi connectivity index (χ1) is 11.6. The van der Waals surface area contributed by atoms with Gasteiger partial charge >= 0.3 is 0 Å². The van der Waals surface area contributed by atoms with Gasteiger partial charge in [0.25, 0.3) is 5.56 Å². The molecule has 3 heterocycles. The van der Waals surface area contributed by atoms with E-state index in [9.17, 15) is 4.79 Å². The fourth-order valence-corrected chi connectivity index (χ4v) is 4.72. The minimum atomic E-state index is -0.0507. The molecule has 0 radical (unpaired) electrons. The van der Waals surface area contributed by atoms with Gasteiger partial charge in [0, 0.05) is 4.88 Å². The smallest absolute Gasteiger partial charge is 0.259 e. The minimum Gasteiger partial charge on any atom is -0.468 e. The molecule has 2 atom stereocenters. The Morgan fingerprint density at radius 2 is 2.42 bits per heavy atom. The molecule has 0 fully saturated rings. The summed E-state index contributed by atoms with van der Waals surface area (Å²) in [5, 5.41) is 4.15. The highest BCUT2D eigenvalue weighted by Gasteiger charge is 2.23. The molecule has 0 saturated heterocycles. The molecule has 126 valence electrons. The van der Waals surface area contributed by atoms with Crippen LogP contribution in [0.1, 0.15) is 48.3 Å². The molecule has 1 aliphatic carbocycles. The number of nitrogens with one attached hydrogen (secondary N) is 2. The zero-order valence-electron chi connectivity index (χ0n) is 13.9. The van der Waals surface area contributed by atoms with E-state index in [0.29, 0.717) is 18.3 Å². The number of nitrogens with zero attached hydrogens (tertiary/aromatic N) is 1. The van der Waals surface area contributed by atoms with E-state index in [4.69, 9.17) is 9.40 Å². The number of hydrogen-bond donors (Lipinski definition) is 2. The first-order valence-electron chi connectivity index (χ1n) is 8.42. The lowest BCUT2D eigenvalue weighted by molar-refractivity contribution is 0.453. The van der Waals surface area contributed by atoms with Gasteiger partial charge in [-0.1, -0.05) is 6.92 Å². The number of H-pyrrole nitrogens is 1. The molecule has 0 unspecified atom stereocenters. The van der Waals surface area contributed by atoms with Gasteiger partial charge in [-0.25, -0.2) is 4.98 Å². The van der Waals surface area contributed by atoms with Crippen LogP contribution in [0.5, 0.6) is 0 Å². The maximum Gasteiger partial charge on any atom is 0.259 e. The molecule has 3 aromatic rings. The van der Waals surface area contributed by atoms with E-state index in [2.05, 4.69) is 17.2 Å². The summed E-state index contributed by atoms with van der Waals surface area (Å²) in [6.07, 6.45) is 4.87. The first kappa shape index (κ1) is 15.6. The molecular weight excluding hydrogens is 322 g/mol. The van der Waals surface area contributed by atoms with Crippen molar-refractivity contribution in [1.29, 1.82) is 0 Å². The molecule has 0 spiro atoms. The Labute approximate surface area is 144 Å². The molecule has 2 N–H and O–H groups in total. The predicted molar refractivity (Wildman–Crippen MR) is 95.4 cm³/mol. The van der Waals surface area contributed by atoms with Crippen molar-refractivity contribution >= 4 is 21.6 Å². The van der Waals surface area contributed by atoms with Gasteiger partial charge in [-0.05, 0) is 49.8 Å². The van der Waals surface area contributed by atoms with Crippen molar-refractivity contribution in [2.24, 2.45) is 5.92 Å². The van der Waals surface area contributed by atoms with Crippen molar-refractivity contribution in [2.45, 2.75) is 45.7 Å². The van der Waals surface area contributed by atoms with Gasteiger partial charge in [0.1, 0.15) is 16.4 Å². The maximum atomic E-state index is 12.6. The van der Waals surface area contributed by atoms with E-state index in [-0.39, 0.29) is 11.6 Å². The first-order valence-corrected chi connectivity index (χ1v) is 9.23. The van der Waals surface area contributed by atoms with Crippen molar-refractivity contribution in [3.8, 4) is 0 Å². The van der Waals surface area contributed by atoms with Gasteiger partial charge in [-0.15, -0.1) is 11.3 Å². The molecule has 0 saturated carbocycles. The summed E-state index contributed by atoms with van der Waals surface area (Å²) in [6.45, 7) is 4.88. The highest BCUT2D eigenvalue weighted by atomic mass is 32.1. The number of fused-ring (bicyclic) bond motifs is 3. The summed E-state index contributed by atoms with van der Waals surface area (Å²) in [7, 11) is 0. The van der Waals surface area contributed by atoms with Crippen LogP contribution in [0.2, 0.25) is 0 Å². The van der Waals surface area contributed by atoms with E-state index in [1.54, 1.807) is 17.6 Å². The van der Waals surface area contributed by atoms with Gasteiger partial charge in [0.05, 0.1) is 24.2 Å². The molecule has 0 aromatic carbocycles. The van der Waals surface area contributed by atoms with Crippen LogP contribution in [0.4, 0.5) is 0 Å². The monoisotopic (exact) mass is 343 g/mol. The Kier molecular flexibility index (Phi) is 4.02.